The van der Waals surface area contributed by atoms with Gasteiger partial charge in [0.1, 0.15) is 6.10 Å². The minimum atomic E-state index is -4.59. The number of carbonyl (C=O) groups is 3. The lowest BCUT2D eigenvalue weighted by Crippen LogP contribution is -2.35. The molecule has 0 unspecified atom stereocenters. The van der Waals surface area contributed by atoms with E-state index in [-0.39, 0.29) is 41.1 Å². The van der Waals surface area contributed by atoms with Gasteiger partial charge in [-0.1, -0.05) is 12.1 Å². The molecule has 5 rings (SSSR count). The highest BCUT2D eigenvalue weighted by Crippen LogP contribution is 2.57. The Morgan fingerprint density at radius 2 is 1.69 bits per heavy atom. The second kappa shape index (κ2) is 7.36. The average Bonchev–Trinajstić information content (AvgIpc) is 3.36. The zero-order valence-electron chi connectivity index (χ0n) is 16.7. The summed E-state index contributed by atoms with van der Waals surface area (Å²) in [5.74, 6) is -1.82. The van der Waals surface area contributed by atoms with E-state index < -0.39 is 29.5 Å². The van der Waals surface area contributed by atoms with Crippen LogP contribution < -0.4 is 10.6 Å². The van der Waals surface area contributed by atoms with Gasteiger partial charge in [0, 0.05) is 17.2 Å². The van der Waals surface area contributed by atoms with Crippen LogP contribution in [0.25, 0.3) is 0 Å². The third-order valence-electron chi connectivity index (χ3n) is 6.68. The summed E-state index contributed by atoms with van der Waals surface area (Å²) in [5, 5.41) is 5.07. The fourth-order valence-corrected chi connectivity index (χ4v) is 5.33. The van der Waals surface area contributed by atoms with Gasteiger partial charge in [-0.2, -0.15) is 13.2 Å². The third kappa shape index (κ3) is 3.41. The Hall–Kier alpha value is -3.36. The number of esters is 1. The van der Waals surface area contributed by atoms with Crippen LogP contribution in [0.2, 0.25) is 0 Å². The number of anilines is 2. The van der Waals surface area contributed by atoms with Gasteiger partial charge >= 0.3 is 12.1 Å². The van der Waals surface area contributed by atoms with E-state index in [4.69, 9.17) is 4.74 Å². The first-order valence-corrected chi connectivity index (χ1v) is 10.3. The summed E-state index contributed by atoms with van der Waals surface area (Å²) < 4.78 is 44.7. The SMILES string of the molecule is O=C(Nc1ccccc1C(F)(F)F)c1ccc(NC(=O)[C@@H]2[C@@H]3C[C@@H]4[C@H]2C(=O)O[C@H]4C3)cc1. The van der Waals surface area contributed by atoms with Crippen molar-refractivity contribution in [3.05, 3.63) is 59.7 Å². The first-order valence-electron chi connectivity index (χ1n) is 10.3. The fraction of sp³-hybridized carbons (Fsp3) is 0.348. The highest BCUT2D eigenvalue weighted by molar-refractivity contribution is 6.05. The van der Waals surface area contributed by atoms with Gasteiger partial charge in [0.2, 0.25) is 5.91 Å². The molecule has 2 aromatic rings. The Kier molecular flexibility index (Phi) is 4.72. The molecule has 2 saturated carbocycles. The van der Waals surface area contributed by atoms with Crippen molar-refractivity contribution < 1.29 is 32.3 Å². The molecule has 5 atom stereocenters. The van der Waals surface area contributed by atoms with Crippen LogP contribution in [0.15, 0.2) is 48.5 Å². The molecule has 0 radical (unpaired) electrons. The molecule has 2 N–H and O–H groups in total. The normalized spacial score (nSPS) is 27.8. The summed E-state index contributed by atoms with van der Waals surface area (Å²) in [6, 6.07) is 10.6. The highest BCUT2D eigenvalue weighted by atomic mass is 19.4. The number of alkyl halides is 3. The Bertz CT molecular complexity index is 1100. The van der Waals surface area contributed by atoms with Crippen molar-refractivity contribution in [1.82, 2.24) is 0 Å². The molecule has 1 aliphatic heterocycles. The standard InChI is InChI=1S/C23H19F3N2O4/c24-23(25,26)15-3-1-2-4-16(15)28-20(29)11-5-7-13(8-6-11)27-21(30)18-12-9-14-17(10-12)32-22(31)19(14)18/h1-8,12,14,17-19H,9-10H2,(H,27,30)(H,28,29)/t12-,14+,17+,18-,19-/m1/s1. The van der Waals surface area contributed by atoms with E-state index in [1.54, 1.807) is 0 Å². The van der Waals surface area contributed by atoms with Crippen LogP contribution in [0.5, 0.6) is 0 Å². The zero-order valence-corrected chi connectivity index (χ0v) is 16.7. The van der Waals surface area contributed by atoms with Gasteiger partial charge in [-0.15, -0.1) is 0 Å². The molecule has 1 saturated heterocycles. The van der Waals surface area contributed by atoms with E-state index in [9.17, 15) is 27.6 Å². The Labute approximate surface area is 181 Å². The van der Waals surface area contributed by atoms with Gasteiger partial charge in [-0.3, -0.25) is 14.4 Å². The summed E-state index contributed by atoms with van der Waals surface area (Å²) in [6.45, 7) is 0. The van der Waals surface area contributed by atoms with Crippen LogP contribution in [-0.4, -0.2) is 23.9 Å². The van der Waals surface area contributed by atoms with Crippen molar-refractivity contribution in [3.8, 4) is 0 Å². The summed E-state index contributed by atoms with van der Waals surface area (Å²) in [4.78, 5) is 37.4. The van der Waals surface area contributed by atoms with Gasteiger partial charge in [0.05, 0.1) is 23.1 Å². The molecule has 32 heavy (non-hydrogen) atoms. The smallest absolute Gasteiger partial charge is 0.418 e. The molecule has 2 aliphatic carbocycles. The maximum Gasteiger partial charge on any atom is 0.418 e. The quantitative estimate of drug-likeness (QED) is 0.696. The maximum absolute atomic E-state index is 13.1. The number of rotatable bonds is 4. The van der Waals surface area contributed by atoms with Gasteiger partial charge in [-0.25, -0.2) is 0 Å². The first kappa shape index (κ1) is 20.5. The molecule has 0 aromatic heterocycles. The number of ether oxygens (including phenoxy) is 1. The van der Waals surface area contributed by atoms with Crippen LogP contribution >= 0.6 is 0 Å². The average molecular weight is 444 g/mol. The molecule has 1 heterocycles. The van der Waals surface area contributed by atoms with Gasteiger partial charge in [0.25, 0.3) is 5.91 Å². The van der Waals surface area contributed by atoms with Gasteiger partial charge in [0.15, 0.2) is 0 Å². The van der Waals surface area contributed by atoms with Crippen molar-refractivity contribution >= 4 is 29.2 Å². The summed E-state index contributed by atoms with van der Waals surface area (Å²) >= 11 is 0. The Balaban J connectivity index is 1.26. The van der Waals surface area contributed by atoms with Crippen molar-refractivity contribution in [2.75, 3.05) is 10.6 Å². The van der Waals surface area contributed by atoms with Crippen LogP contribution in [0, 0.1) is 23.7 Å². The molecule has 2 amide bonds. The Morgan fingerprint density at radius 3 is 2.41 bits per heavy atom. The Morgan fingerprint density at radius 1 is 0.969 bits per heavy atom. The minimum absolute atomic E-state index is 0.0539. The number of carbonyl (C=O) groups excluding carboxylic acids is 3. The van der Waals surface area contributed by atoms with Crippen molar-refractivity contribution in [2.24, 2.45) is 23.7 Å². The van der Waals surface area contributed by atoms with Crippen LogP contribution in [0.1, 0.15) is 28.8 Å². The molecule has 0 spiro atoms. The second-order valence-corrected chi connectivity index (χ2v) is 8.49. The number of nitrogens with one attached hydrogen (secondary N) is 2. The van der Waals surface area contributed by atoms with E-state index in [0.717, 1.165) is 12.5 Å². The topological polar surface area (TPSA) is 84.5 Å². The number of hydrogen-bond donors (Lipinski definition) is 2. The molecule has 3 aliphatic rings. The van der Waals surface area contributed by atoms with E-state index in [2.05, 4.69) is 10.6 Å². The predicted octanol–water partition coefficient (Wildman–Crippen LogP) is 4.09. The number of benzene rings is 2. The predicted molar refractivity (Wildman–Crippen MR) is 108 cm³/mol. The minimum Gasteiger partial charge on any atom is -0.462 e. The van der Waals surface area contributed by atoms with Gasteiger partial charge < -0.3 is 15.4 Å². The van der Waals surface area contributed by atoms with E-state index in [1.807, 2.05) is 0 Å². The number of amides is 2. The van der Waals surface area contributed by atoms with E-state index in [0.29, 0.717) is 12.1 Å². The van der Waals surface area contributed by atoms with Gasteiger partial charge in [-0.05, 0) is 55.2 Å². The van der Waals surface area contributed by atoms with Crippen molar-refractivity contribution in [2.45, 2.75) is 25.1 Å². The summed E-state index contributed by atoms with van der Waals surface area (Å²) in [7, 11) is 0. The van der Waals surface area contributed by atoms with E-state index >= 15 is 0 Å². The lowest BCUT2D eigenvalue weighted by molar-refractivity contribution is -0.145. The van der Waals surface area contributed by atoms with Crippen LogP contribution in [-0.2, 0) is 20.5 Å². The van der Waals surface area contributed by atoms with Crippen molar-refractivity contribution in [3.63, 3.8) is 0 Å². The number of para-hydroxylation sites is 1. The largest absolute Gasteiger partial charge is 0.462 e. The maximum atomic E-state index is 13.1. The van der Waals surface area contributed by atoms with Crippen molar-refractivity contribution in [1.29, 1.82) is 0 Å². The summed E-state index contributed by atoms with van der Waals surface area (Å²) in [6.07, 6.45) is -3.12. The fourth-order valence-electron chi connectivity index (χ4n) is 5.33. The molecule has 2 bridgehead atoms. The lowest BCUT2D eigenvalue weighted by atomic mass is 9.79. The molecule has 2 aromatic carbocycles. The third-order valence-corrected chi connectivity index (χ3v) is 6.68. The second-order valence-electron chi connectivity index (χ2n) is 8.49. The molecule has 3 fully saturated rings. The molecular weight excluding hydrogens is 425 g/mol. The van der Waals surface area contributed by atoms with E-state index in [1.165, 1.54) is 42.5 Å². The molecule has 166 valence electrons. The summed E-state index contributed by atoms with van der Waals surface area (Å²) in [5.41, 5.74) is -0.689. The van der Waals surface area contributed by atoms with Crippen LogP contribution in [0.4, 0.5) is 24.5 Å². The monoisotopic (exact) mass is 444 g/mol. The first-order chi connectivity index (χ1) is 15.2. The number of halogens is 3. The van der Waals surface area contributed by atoms with Crippen LogP contribution in [0.3, 0.4) is 0 Å². The zero-order chi connectivity index (χ0) is 22.6. The molecule has 6 nitrogen and oxygen atoms in total. The number of fused-ring (bicyclic) bond motifs is 1. The molecule has 9 heteroatoms. The lowest BCUT2D eigenvalue weighted by Gasteiger charge is -2.23. The number of hydrogen-bond acceptors (Lipinski definition) is 4. The highest BCUT2D eigenvalue weighted by Gasteiger charge is 2.63. The molecular formula is C23H19F3N2O4.